The van der Waals surface area contributed by atoms with E-state index in [2.05, 4.69) is 21.3 Å². The van der Waals surface area contributed by atoms with Crippen molar-refractivity contribution < 1.29 is 57.8 Å². The Bertz CT molecular complexity index is 2070. The monoisotopic (exact) mass is 1060 g/mol. The molecule has 1 aliphatic rings. The van der Waals surface area contributed by atoms with Crippen molar-refractivity contribution in [2.24, 2.45) is 23.7 Å². The predicted molar refractivity (Wildman–Crippen MR) is 283 cm³/mol. The van der Waals surface area contributed by atoms with Gasteiger partial charge in [0.25, 0.3) is 0 Å². The first kappa shape index (κ1) is 66.9. The van der Waals surface area contributed by atoms with Gasteiger partial charge in [0.05, 0.1) is 25.7 Å². The lowest BCUT2D eigenvalue weighted by Crippen LogP contribution is -2.63. The predicted octanol–water partition coefficient (Wildman–Crippen LogP) is -0.197. The molecule has 75 heavy (non-hydrogen) atoms. The average Bonchev–Trinajstić information content (AvgIpc) is 3.32. The van der Waals surface area contributed by atoms with Crippen LogP contribution < -0.4 is 21.3 Å². The second-order valence-electron chi connectivity index (χ2n) is 21.4. The lowest BCUT2D eigenvalue weighted by atomic mass is 9.91. The van der Waals surface area contributed by atoms with E-state index in [4.69, 9.17) is 0 Å². The van der Waals surface area contributed by atoms with E-state index in [0.717, 1.165) is 19.6 Å². The standard InChI is InChI=1S/C52H91N11O12/c1-20-22-23-32(9)44(67)43-46(69)56-36(21-2)49(72)59(15)28-41(66)57(13)26-39(64)54-34(11)47(70)58(14)27-40(65)53-33(10)45(68)55-35(12)48(71)60(16)37(24-29(3)4)50(73)61(17)38(25-30(5)6)51(74)62(18)42(31(7)8)52(75)63(43)19/h20,22,29-38,42-44,67H,21,23-28H2,1-19H3,(H,53,65)(H,54,64)(H,55,68)(H,56,69)/b22-20+/t32-,33+,34+,35-,36+,37+,38+,42+,43+,44-/m1/s1. The molecule has 11 amide bonds. The third-order valence-corrected chi connectivity index (χ3v) is 13.5. The minimum Gasteiger partial charge on any atom is -0.390 e. The Morgan fingerprint density at radius 2 is 0.960 bits per heavy atom. The Morgan fingerprint density at radius 3 is 1.44 bits per heavy atom. The summed E-state index contributed by atoms with van der Waals surface area (Å²) in [4.78, 5) is 161. The molecule has 1 saturated heterocycles. The summed E-state index contributed by atoms with van der Waals surface area (Å²) in [5.41, 5.74) is 0. The molecular formula is C52H91N11O12. The zero-order valence-electron chi connectivity index (χ0n) is 48.2. The fraction of sp³-hybridized carbons (Fsp3) is 0.750. The fourth-order valence-corrected chi connectivity index (χ4v) is 8.86. The van der Waals surface area contributed by atoms with Crippen LogP contribution in [0.3, 0.4) is 0 Å². The van der Waals surface area contributed by atoms with Crippen LogP contribution in [0.15, 0.2) is 12.2 Å². The van der Waals surface area contributed by atoms with Gasteiger partial charge in [0, 0.05) is 49.3 Å². The Labute approximate surface area is 445 Å². The number of allylic oxidation sites excluding steroid dienone is 2. The van der Waals surface area contributed by atoms with Crippen LogP contribution in [0.5, 0.6) is 0 Å². The van der Waals surface area contributed by atoms with Crippen molar-refractivity contribution in [1.29, 1.82) is 0 Å². The maximum atomic E-state index is 15.0. The summed E-state index contributed by atoms with van der Waals surface area (Å²) < 4.78 is 0. The van der Waals surface area contributed by atoms with Gasteiger partial charge in [-0.2, -0.15) is 0 Å². The van der Waals surface area contributed by atoms with E-state index < -0.39 is 151 Å². The number of carbonyl (C=O) groups excluding carboxylic acids is 11. The Morgan fingerprint density at radius 1 is 0.520 bits per heavy atom. The molecular weight excluding hydrogens is 971 g/mol. The maximum Gasteiger partial charge on any atom is 0.246 e. The van der Waals surface area contributed by atoms with E-state index in [9.17, 15) is 57.8 Å². The van der Waals surface area contributed by atoms with E-state index in [0.29, 0.717) is 6.42 Å². The number of likely N-dealkylation sites (N-methyl/N-ethyl adjacent to an activating group) is 7. The van der Waals surface area contributed by atoms with Gasteiger partial charge in [-0.05, 0) is 77.0 Å². The lowest BCUT2D eigenvalue weighted by molar-refractivity contribution is -0.157. The van der Waals surface area contributed by atoms with Gasteiger partial charge in [-0.3, -0.25) is 52.7 Å². The number of nitrogens with one attached hydrogen (secondary N) is 4. The molecule has 10 atom stereocenters. The van der Waals surface area contributed by atoms with E-state index in [1.807, 2.05) is 27.7 Å². The fourth-order valence-electron chi connectivity index (χ4n) is 8.86. The van der Waals surface area contributed by atoms with E-state index in [-0.39, 0.29) is 31.1 Å². The van der Waals surface area contributed by atoms with Gasteiger partial charge in [-0.15, -0.1) is 0 Å². The molecule has 23 nitrogen and oxygen atoms in total. The van der Waals surface area contributed by atoms with Gasteiger partial charge in [-0.25, -0.2) is 0 Å². The van der Waals surface area contributed by atoms with Crippen LogP contribution in [-0.4, -0.2) is 228 Å². The molecule has 0 saturated carbocycles. The van der Waals surface area contributed by atoms with Gasteiger partial charge in [0.2, 0.25) is 65.0 Å². The molecule has 1 fully saturated rings. The van der Waals surface area contributed by atoms with Crippen molar-refractivity contribution in [3.05, 3.63) is 12.2 Å². The Balaban J connectivity index is 4.03. The molecule has 1 aliphatic heterocycles. The number of rotatable bonds is 10. The first-order valence-electron chi connectivity index (χ1n) is 26.0. The highest BCUT2D eigenvalue weighted by Gasteiger charge is 2.45. The molecule has 0 aliphatic carbocycles. The van der Waals surface area contributed by atoms with Crippen molar-refractivity contribution in [2.45, 2.75) is 163 Å². The summed E-state index contributed by atoms with van der Waals surface area (Å²) in [5, 5.41) is 22.2. The highest BCUT2D eigenvalue weighted by atomic mass is 16.3. The van der Waals surface area contributed by atoms with Crippen molar-refractivity contribution in [3.63, 3.8) is 0 Å². The molecule has 0 bridgehead atoms. The lowest BCUT2D eigenvalue weighted by Gasteiger charge is -2.41. The second kappa shape index (κ2) is 30.4. The largest absolute Gasteiger partial charge is 0.390 e. The summed E-state index contributed by atoms with van der Waals surface area (Å²) in [7, 11) is 9.60. The van der Waals surface area contributed by atoms with Crippen molar-refractivity contribution >= 4 is 65.0 Å². The van der Waals surface area contributed by atoms with Crippen LogP contribution in [0.25, 0.3) is 0 Å². The summed E-state index contributed by atoms with van der Waals surface area (Å²) in [6.07, 6.45) is 2.74. The topological polar surface area (TPSA) is 279 Å². The van der Waals surface area contributed by atoms with Crippen molar-refractivity contribution in [2.75, 3.05) is 69.0 Å². The molecule has 23 heteroatoms. The molecule has 0 aromatic carbocycles. The molecule has 0 aromatic heterocycles. The smallest absolute Gasteiger partial charge is 0.246 e. The van der Waals surface area contributed by atoms with E-state index in [1.54, 1.807) is 46.8 Å². The van der Waals surface area contributed by atoms with Crippen molar-refractivity contribution in [1.82, 2.24) is 55.6 Å². The molecule has 426 valence electrons. The summed E-state index contributed by atoms with van der Waals surface area (Å²) in [6.45, 7) is 18.6. The Kier molecular flexibility index (Phi) is 27.1. The van der Waals surface area contributed by atoms with E-state index in [1.165, 1.54) is 84.8 Å². The van der Waals surface area contributed by atoms with Gasteiger partial charge in [-0.1, -0.05) is 67.5 Å². The third-order valence-electron chi connectivity index (χ3n) is 13.5. The highest BCUT2D eigenvalue weighted by Crippen LogP contribution is 2.25. The normalized spacial score (nSPS) is 26.7. The number of carbonyl (C=O) groups is 11. The van der Waals surface area contributed by atoms with Crippen LogP contribution >= 0.6 is 0 Å². The van der Waals surface area contributed by atoms with Gasteiger partial charge in [0.15, 0.2) is 0 Å². The van der Waals surface area contributed by atoms with Crippen molar-refractivity contribution in [3.8, 4) is 0 Å². The molecule has 5 N–H and O–H groups in total. The van der Waals surface area contributed by atoms with Crippen LogP contribution in [0.2, 0.25) is 0 Å². The number of hydrogen-bond acceptors (Lipinski definition) is 12. The highest BCUT2D eigenvalue weighted by molar-refractivity contribution is 5.99. The van der Waals surface area contributed by atoms with Crippen LogP contribution in [0.4, 0.5) is 0 Å². The molecule has 1 heterocycles. The third kappa shape index (κ3) is 19.2. The molecule has 1 rings (SSSR count). The second-order valence-corrected chi connectivity index (χ2v) is 21.4. The number of aliphatic hydroxyl groups is 1. The van der Waals surface area contributed by atoms with Crippen LogP contribution in [0, 0.1) is 23.7 Å². The maximum absolute atomic E-state index is 15.0. The molecule has 0 spiro atoms. The Hall–Kier alpha value is -6.13. The SMILES string of the molecule is C/C=C/C[C@@H](C)[C@@H](O)[C@H]1C(=O)N[C@@H](CC)C(=O)N(C)CC(=O)N(C)CC(=O)N[C@@H](C)C(=O)N(C)CC(=O)N[C@@H](C)C(=O)N[C@H](C)C(=O)N(C)[C@@H](CC(C)C)C(=O)N(C)[C@@H](CC(C)C)C(=O)N(C)[C@@H](C(C)C)C(=O)N1C. The number of hydrogen-bond donors (Lipinski definition) is 5. The minimum absolute atomic E-state index is 0.0301. The first-order chi connectivity index (χ1) is 34.7. The zero-order valence-corrected chi connectivity index (χ0v) is 48.2. The van der Waals surface area contributed by atoms with Gasteiger partial charge in [0.1, 0.15) is 48.3 Å². The summed E-state index contributed by atoms with van der Waals surface area (Å²) in [5.74, 6) is -9.14. The quantitative estimate of drug-likeness (QED) is 0.178. The summed E-state index contributed by atoms with van der Waals surface area (Å²) >= 11 is 0. The average molecular weight is 1060 g/mol. The number of nitrogens with zero attached hydrogens (tertiary/aromatic N) is 7. The van der Waals surface area contributed by atoms with Crippen LogP contribution in [0.1, 0.15) is 109 Å². The molecule has 0 radical (unpaired) electrons. The minimum atomic E-state index is -1.60. The molecule has 0 unspecified atom stereocenters. The summed E-state index contributed by atoms with van der Waals surface area (Å²) in [6, 6.07) is -9.91. The zero-order chi connectivity index (χ0) is 58.1. The first-order valence-corrected chi connectivity index (χ1v) is 26.0. The van der Waals surface area contributed by atoms with Gasteiger partial charge >= 0.3 is 0 Å². The number of aliphatic hydroxyl groups excluding tert-OH is 1. The van der Waals surface area contributed by atoms with Gasteiger partial charge < -0.3 is 60.7 Å². The van der Waals surface area contributed by atoms with Crippen LogP contribution in [-0.2, 0) is 52.7 Å². The molecule has 0 aromatic rings. The number of amides is 11. The van der Waals surface area contributed by atoms with E-state index >= 15 is 0 Å².